The fourth-order valence-electron chi connectivity index (χ4n) is 4.27. The lowest BCUT2D eigenvalue weighted by atomic mass is 9.98. The van der Waals surface area contributed by atoms with Crippen molar-refractivity contribution in [1.29, 1.82) is 5.26 Å². The third-order valence-corrected chi connectivity index (χ3v) is 6.27. The van der Waals surface area contributed by atoms with Crippen LogP contribution < -0.4 is 10.4 Å². The fourth-order valence-corrected chi connectivity index (χ4v) is 4.27. The molecule has 0 saturated heterocycles. The first-order chi connectivity index (χ1) is 18.1. The van der Waals surface area contributed by atoms with Gasteiger partial charge in [0.15, 0.2) is 0 Å². The van der Waals surface area contributed by atoms with Crippen molar-refractivity contribution < 1.29 is 18.3 Å². The van der Waals surface area contributed by atoms with Crippen LogP contribution in [0.4, 0.5) is 18.9 Å². The van der Waals surface area contributed by atoms with Gasteiger partial charge in [-0.05, 0) is 43.7 Å². The number of pyridine rings is 2. The number of aromatic nitrogens is 2. The molecule has 38 heavy (non-hydrogen) atoms. The van der Waals surface area contributed by atoms with Crippen molar-refractivity contribution in [2.75, 3.05) is 5.01 Å². The van der Waals surface area contributed by atoms with Crippen molar-refractivity contribution in [2.24, 2.45) is 0 Å². The second kappa shape index (κ2) is 9.32. The van der Waals surface area contributed by atoms with Crippen LogP contribution in [0.3, 0.4) is 0 Å². The van der Waals surface area contributed by atoms with Gasteiger partial charge in [0.2, 0.25) is 0 Å². The Morgan fingerprint density at radius 1 is 0.974 bits per heavy atom. The molecule has 6 nitrogen and oxygen atoms in total. The first-order valence-corrected chi connectivity index (χ1v) is 11.7. The highest BCUT2D eigenvalue weighted by molar-refractivity contribution is 5.98. The van der Waals surface area contributed by atoms with Crippen LogP contribution >= 0.6 is 0 Å². The number of allylic oxidation sites excluding steroid dienone is 2. The molecule has 3 heterocycles. The van der Waals surface area contributed by atoms with E-state index in [0.717, 1.165) is 0 Å². The molecule has 0 saturated carbocycles. The summed E-state index contributed by atoms with van der Waals surface area (Å²) in [5.74, 6) is 0. The summed E-state index contributed by atoms with van der Waals surface area (Å²) in [5, 5.41) is 20.4. The van der Waals surface area contributed by atoms with E-state index >= 15 is 0 Å². The maximum Gasteiger partial charge on any atom is 0.419 e. The van der Waals surface area contributed by atoms with Crippen LogP contribution in [0.25, 0.3) is 27.6 Å². The van der Waals surface area contributed by atoms with Gasteiger partial charge in [-0.25, -0.2) is 0 Å². The smallest absolute Gasteiger partial charge is 0.386 e. The van der Waals surface area contributed by atoms with Crippen molar-refractivity contribution in [3.8, 4) is 17.2 Å². The van der Waals surface area contributed by atoms with Crippen LogP contribution in [0.15, 0.2) is 85.5 Å². The minimum atomic E-state index is -4.66. The number of anilines is 1. The number of hydrazine groups is 1. The topological polar surface area (TPSA) is 85.1 Å². The molecule has 2 aromatic carbocycles. The van der Waals surface area contributed by atoms with E-state index in [1.54, 1.807) is 80.9 Å². The maximum absolute atomic E-state index is 14.5. The fraction of sp³-hybridized carbons (Fsp3) is 0.138. The number of aliphatic hydroxyl groups is 1. The summed E-state index contributed by atoms with van der Waals surface area (Å²) >= 11 is 0. The van der Waals surface area contributed by atoms with Gasteiger partial charge in [0.25, 0.3) is 0 Å². The zero-order valence-electron chi connectivity index (χ0n) is 20.5. The maximum atomic E-state index is 14.5. The molecule has 5 rings (SSSR count). The molecule has 2 N–H and O–H groups in total. The number of halogens is 3. The second-order valence-electron chi connectivity index (χ2n) is 9.31. The van der Waals surface area contributed by atoms with Gasteiger partial charge in [-0.3, -0.25) is 15.0 Å². The lowest BCUT2D eigenvalue weighted by molar-refractivity contribution is -0.135. The Kier molecular flexibility index (Phi) is 6.13. The summed E-state index contributed by atoms with van der Waals surface area (Å²) < 4.78 is 43.4. The third kappa shape index (κ3) is 4.69. The van der Waals surface area contributed by atoms with Gasteiger partial charge in [0.1, 0.15) is 0 Å². The molecule has 4 aromatic rings. The summed E-state index contributed by atoms with van der Waals surface area (Å²) in [6, 6.07) is 16.8. The van der Waals surface area contributed by atoms with Gasteiger partial charge >= 0.3 is 6.18 Å². The average Bonchev–Trinajstić information content (AvgIpc) is 2.91. The SMILES string of the molecule is CC(C)(O)c1ccc(C2=CNN(c3cnc4c(-c5ccc(C#N)cc5)cccc4c3C(F)(F)F)C=C2)nc1. The van der Waals surface area contributed by atoms with Gasteiger partial charge < -0.3 is 10.5 Å². The molecule has 9 heteroatoms. The largest absolute Gasteiger partial charge is 0.419 e. The molecule has 0 bridgehead atoms. The molecular formula is C29H22F3N5O. The summed E-state index contributed by atoms with van der Waals surface area (Å²) in [4.78, 5) is 8.79. The molecule has 2 aromatic heterocycles. The minimum absolute atomic E-state index is 0.0364. The van der Waals surface area contributed by atoms with Crippen LogP contribution in [0.5, 0.6) is 0 Å². The summed E-state index contributed by atoms with van der Waals surface area (Å²) in [6.07, 6.45) is 2.81. The monoisotopic (exact) mass is 513 g/mol. The van der Waals surface area contributed by atoms with E-state index in [1.807, 2.05) is 6.07 Å². The van der Waals surface area contributed by atoms with E-state index in [9.17, 15) is 18.3 Å². The Morgan fingerprint density at radius 2 is 1.74 bits per heavy atom. The minimum Gasteiger partial charge on any atom is -0.386 e. The molecule has 1 aliphatic heterocycles. The van der Waals surface area contributed by atoms with Crippen molar-refractivity contribution in [3.05, 3.63) is 108 Å². The van der Waals surface area contributed by atoms with E-state index in [2.05, 4.69) is 15.4 Å². The zero-order chi connectivity index (χ0) is 27.1. The van der Waals surface area contributed by atoms with Crippen molar-refractivity contribution in [2.45, 2.75) is 25.6 Å². The molecule has 190 valence electrons. The Labute approximate surface area is 217 Å². The van der Waals surface area contributed by atoms with Crippen LogP contribution in [-0.2, 0) is 11.8 Å². The van der Waals surface area contributed by atoms with E-state index < -0.39 is 17.3 Å². The molecule has 0 amide bonds. The highest BCUT2D eigenvalue weighted by Gasteiger charge is 2.38. The van der Waals surface area contributed by atoms with Crippen LogP contribution in [0.2, 0.25) is 0 Å². The number of para-hydroxylation sites is 1. The van der Waals surface area contributed by atoms with Crippen LogP contribution in [0, 0.1) is 11.3 Å². The van der Waals surface area contributed by atoms with Gasteiger partial charge in [0.05, 0.1) is 45.9 Å². The molecular weight excluding hydrogens is 491 g/mol. The van der Waals surface area contributed by atoms with Gasteiger partial charge in [-0.2, -0.15) is 18.4 Å². The normalized spacial score (nSPS) is 13.7. The summed E-state index contributed by atoms with van der Waals surface area (Å²) in [6.45, 7) is 3.32. The number of rotatable bonds is 4. The van der Waals surface area contributed by atoms with Crippen molar-refractivity contribution in [1.82, 2.24) is 15.4 Å². The predicted octanol–water partition coefficient (Wildman–Crippen LogP) is 6.29. The number of alkyl halides is 3. The van der Waals surface area contributed by atoms with Gasteiger partial charge in [0, 0.05) is 40.7 Å². The first kappa shape index (κ1) is 25.0. The number of hydrogen-bond acceptors (Lipinski definition) is 6. The standard InChI is InChI=1S/C29H22F3N5O/c1-28(2,38)21-10-11-24(34-16-21)20-12-13-37(36-15-20)25-17-35-27-22(19-8-6-18(14-33)7-9-19)4-3-5-23(27)26(25)29(30,31)32/h3-13,15-17,36,38H,1-2H3. The lowest BCUT2D eigenvalue weighted by Crippen LogP contribution is -2.33. The van der Waals surface area contributed by atoms with E-state index in [0.29, 0.717) is 33.5 Å². The number of nitrogens with zero attached hydrogens (tertiary/aromatic N) is 4. The van der Waals surface area contributed by atoms with Gasteiger partial charge in [-0.1, -0.05) is 36.4 Å². The van der Waals surface area contributed by atoms with Crippen molar-refractivity contribution >= 4 is 22.2 Å². The molecule has 0 unspecified atom stereocenters. The zero-order valence-corrected chi connectivity index (χ0v) is 20.5. The van der Waals surface area contributed by atoms with E-state index in [-0.39, 0.29) is 16.6 Å². The van der Waals surface area contributed by atoms with Crippen LogP contribution in [0.1, 0.15) is 36.2 Å². The van der Waals surface area contributed by atoms with Gasteiger partial charge in [-0.15, -0.1) is 0 Å². The number of nitriles is 1. The Hall–Kier alpha value is -4.68. The number of hydrogen-bond donors (Lipinski definition) is 2. The average molecular weight is 514 g/mol. The lowest BCUT2D eigenvalue weighted by Gasteiger charge is -2.27. The molecule has 0 spiro atoms. The highest BCUT2D eigenvalue weighted by atomic mass is 19.4. The number of nitrogens with one attached hydrogen (secondary N) is 1. The van der Waals surface area contributed by atoms with Crippen molar-refractivity contribution in [3.63, 3.8) is 0 Å². The molecule has 0 aliphatic carbocycles. The van der Waals surface area contributed by atoms with E-state index in [1.165, 1.54) is 23.5 Å². The Morgan fingerprint density at radius 3 is 2.32 bits per heavy atom. The molecule has 0 atom stereocenters. The molecule has 1 aliphatic rings. The van der Waals surface area contributed by atoms with Crippen LogP contribution in [-0.4, -0.2) is 15.1 Å². The molecule has 0 fully saturated rings. The molecule has 0 radical (unpaired) electrons. The first-order valence-electron chi connectivity index (χ1n) is 11.7. The number of benzene rings is 2. The highest BCUT2D eigenvalue weighted by Crippen LogP contribution is 2.43. The second-order valence-corrected chi connectivity index (χ2v) is 9.31. The third-order valence-electron chi connectivity index (χ3n) is 6.27. The summed E-state index contributed by atoms with van der Waals surface area (Å²) in [7, 11) is 0. The Bertz CT molecular complexity index is 1610. The number of fused-ring (bicyclic) bond motifs is 1. The summed E-state index contributed by atoms with van der Waals surface area (Å²) in [5.41, 5.74) is 4.65. The van der Waals surface area contributed by atoms with E-state index in [4.69, 9.17) is 5.26 Å². The Balaban J connectivity index is 1.52. The quantitative estimate of drug-likeness (QED) is 0.333. The predicted molar refractivity (Wildman–Crippen MR) is 139 cm³/mol.